The third kappa shape index (κ3) is 3.05. The van der Waals surface area contributed by atoms with E-state index in [0.29, 0.717) is 10.1 Å². The SMILES string of the molecule is O=C(NCc1ccco1)C1CCC(=O)N1S(=O)(=O)c1ccccc1. The Morgan fingerprint density at radius 1 is 1.21 bits per heavy atom. The molecule has 2 heterocycles. The lowest BCUT2D eigenvalue weighted by Gasteiger charge is -2.23. The van der Waals surface area contributed by atoms with E-state index in [1.807, 2.05) is 0 Å². The Balaban J connectivity index is 1.80. The van der Waals surface area contributed by atoms with Gasteiger partial charge in [-0.25, -0.2) is 12.7 Å². The lowest BCUT2D eigenvalue weighted by Crippen LogP contribution is -2.47. The number of furan rings is 1. The van der Waals surface area contributed by atoms with E-state index in [4.69, 9.17) is 4.42 Å². The number of nitrogens with zero attached hydrogens (tertiary/aromatic N) is 1. The maximum Gasteiger partial charge on any atom is 0.267 e. The first kappa shape index (κ1) is 16.3. The topological polar surface area (TPSA) is 96.7 Å². The zero-order valence-corrected chi connectivity index (χ0v) is 13.5. The molecule has 1 atom stereocenters. The van der Waals surface area contributed by atoms with Gasteiger partial charge >= 0.3 is 0 Å². The van der Waals surface area contributed by atoms with Gasteiger partial charge in [0.1, 0.15) is 11.8 Å². The second-order valence-electron chi connectivity index (χ2n) is 5.36. The lowest BCUT2D eigenvalue weighted by atomic mass is 10.2. The molecule has 2 aromatic rings. The average molecular weight is 348 g/mol. The fourth-order valence-corrected chi connectivity index (χ4v) is 4.24. The number of nitrogens with one attached hydrogen (secondary N) is 1. The summed E-state index contributed by atoms with van der Waals surface area (Å²) >= 11 is 0. The van der Waals surface area contributed by atoms with E-state index in [9.17, 15) is 18.0 Å². The van der Waals surface area contributed by atoms with Gasteiger partial charge in [-0.15, -0.1) is 0 Å². The van der Waals surface area contributed by atoms with Crippen molar-refractivity contribution in [3.63, 3.8) is 0 Å². The van der Waals surface area contributed by atoms with Crippen LogP contribution in [0.4, 0.5) is 0 Å². The van der Waals surface area contributed by atoms with Gasteiger partial charge in [0.05, 0.1) is 17.7 Å². The fraction of sp³-hybridized carbons (Fsp3) is 0.250. The summed E-state index contributed by atoms with van der Waals surface area (Å²) in [6, 6.07) is 9.96. The van der Waals surface area contributed by atoms with Crippen molar-refractivity contribution in [2.24, 2.45) is 0 Å². The Kier molecular flexibility index (Phi) is 4.39. The maximum absolute atomic E-state index is 12.7. The summed E-state index contributed by atoms with van der Waals surface area (Å²) in [5, 5.41) is 2.61. The Hall–Kier alpha value is -2.61. The van der Waals surface area contributed by atoms with Gasteiger partial charge < -0.3 is 9.73 Å². The van der Waals surface area contributed by atoms with Crippen LogP contribution < -0.4 is 5.32 Å². The van der Waals surface area contributed by atoms with Crippen molar-refractivity contribution in [3.05, 3.63) is 54.5 Å². The number of benzene rings is 1. The number of carbonyl (C=O) groups is 2. The zero-order chi connectivity index (χ0) is 17.2. The molecule has 0 aliphatic carbocycles. The van der Waals surface area contributed by atoms with Crippen LogP contribution in [0.2, 0.25) is 0 Å². The van der Waals surface area contributed by atoms with E-state index < -0.39 is 27.9 Å². The molecule has 1 aliphatic rings. The number of sulfonamides is 1. The van der Waals surface area contributed by atoms with Crippen molar-refractivity contribution in [2.45, 2.75) is 30.3 Å². The Bertz CT molecular complexity index is 831. The molecule has 1 fully saturated rings. The van der Waals surface area contributed by atoms with Crippen LogP contribution in [-0.4, -0.2) is 30.6 Å². The van der Waals surface area contributed by atoms with E-state index in [2.05, 4.69) is 5.32 Å². The Labute approximate surface area is 139 Å². The van der Waals surface area contributed by atoms with Crippen molar-refractivity contribution in [1.29, 1.82) is 0 Å². The first-order valence-corrected chi connectivity index (χ1v) is 8.86. The summed E-state index contributed by atoms with van der Waals surface area (Å²) in [7, 11) is -4.05. The van der Waals surface area contributed by atoms with E-state index in [0.717, 1.165) is 0 Å². The van der Waals surface area contributed by atoms with Crippen molar-refractivity contribution in [3.8, 4) is 0 Å². The minimum atomic E-state index is -4.05. The van der Waals surface area contributed by atoms with Crippen molar-refractivity contribution in [1.82, 2.24) is 9.62 Å². The number of carbonyl (C=O) groups excluding carboxylic acids is 2. The molecule has 1 aliphatic heterocycles. The maximum atomic E-state index is 12.7. The summed E-state index contributed by atoms with van der Waals surface area (Å²) < 4.78 is 31.2. The highest BCUT2D eigenvalue weighted by atomic mass is 32.2. The molecule has 0 bridgehead atoms. The standard InChI is InChI=1S/C16H16N2O5S/c19-15-9-8-14(16(20)17-11-12-5-4-10-23-12)18(15)24(21,22)13-6-2-1-3-7-13/h1-7,10,14H,8-9,11H2,(H,17,20). The Morgan fingerprint density at radius 2 is 1.96 bits per heavy atom. The van der Waals surface area contributed by atoms with Gasteiger partial charge in [-0.2, -0.15) is 0 Å². The lowest BCUT2D eigenvalue weighted by molar-refractivity contribution is -0.130. The fourth-order valence-electron chi connectivity index (χ4n) is 2.61. The van der Waals surface area contributed by atoms with Crippen LogP contribution in [0.3, 0.4) is 0 Å². The first-order valence-electron chi connectivity index (χ1n) is 7.42. The highest BCUT2D eigenvalue weighted by molar-refractivity contribution is 7.89. The minimum Gasteiger partial charge on any atom is -0.467 e. The number of rotatable bonds is 5. The van der Waals surface area contributed by atoms with Crippen molar-refractivity contribution < 1.29 is 22.4 Å². The molecule has 3 rings (SSSR count). The highest BCUT2D eigenvalue weighted by Crippen LogP contribution is 2.27. The molecule has 1 unspecified atom stereocenters. The van der Waals surface area contributed by atoms with Gasteiger partial charge in [0, 0.05) is 6.42 Å². The molecule has 1 aromatic carbocycles. The van der Waals surface area contributed by atoms with Gasteiger partial charge in [0.25, 0.3) is 10.0 Å². The zero-order valence-electron chi connectivity index (χ0n) is 12.7. The third-order valence-corrected chi connectivity index (χ3v) is 5.62. The largest absolute Gasteiger partial charge is 0.467 e. The minimum absolute atomic E-state index is 0.0101. The van der Waals surface area contributed by atoms with E-state index in [1.54, 1.807) is 30.3 Å². The summed E-state index contributed by atoms with van der Waals surface area (Å²) in [6.45, 7) is 0.135. The summed E-state index contributed by atoms with van der Waals surface area (Å²) in [5.41, 5.74) is 0. The molecule has 24 heavy (non-hydrogen) atoms. The molecule has 0 spiro atoms. The van der Waals surface area contributed by atoms with Crippen molar-refractivity contribution >= 4 is 21.8 Å². The van der Waals surface area contributed by atoms with Gasteiger partial charge in [0.15, 0.2) is 0 Å². The molecule has 0 saturated carbocycles. The third-order valence-electron chi connectivity index (χ3n) is 3.78. The van der Waals surface area contributed by atoms with Gasteiger partial charge in [-0.05, 0) is 30.7 Å². The van der Waals surface area contributed by atoms with Gasteiger partial charge in [-0.3, -0.25) is 9.59 Å². The van der Waals surface area contributed by atoms with Gasteiger partial charge in [-0.1, -0.05) is 18.2 Å². The van der Waals surface area contributed by atoms with Crippen molar-refractivity contribution in [2.75, 3.05) is 0 Å². The van der Waals surface area contributed by atoms with Crippen LogP contribution in [0.5, 0.6) is 0 Å². The number of amides is 2. The van der Waals surface area contributed by atoms with Crippen LogP contribution in [0.15, 0.2) is 58.0 Å². The Morgan fingerprint density at radius 3 is 2.62 bits per heavy atom. The van der Waals surface area contributed by atoms with E-state index >= 15 is 0 Å². The van der Waals surface area contributed by atoms with Crippen LogP contribution in [-0.2, 0) is 26.2 Å². The van der Waals surface area contributed by atoms with Crippen LogP contribution in [0.1, 0.15) is 18.6 Å². The molecule has 1 aromatic heterocycles. The quantitative estimate of drug-likeness (QED) is 0.878. The number of hydrogen-bond donors (Lipinski definition) is 1. The second-order valence-corrected chi connectivity index (χ2v) is 7.17. The van der Waals surface area contributed by atoms with E-state index in [-0.39, 0.29) is 24.3 Å². The van der Waals surface area contributed by atoms with Crippen LogP contribution in [0, 0.1) is 0 Å². The van der Waals surface area contributed by atoms with Crippen LogP contribution in [0.25, 0.3) is 0 Å². The van der Waals surface area contributed by atoms with Crippen LogP contribution >= 0.6 is 0 Å². The molecule has 2 amide bonds. The smallest absolute Gasteiger partial charge is 0.267 e. The summed E-state index contributed by atoms with van der Waals surface area (Å²) in [5.74, 6) is -0.543. The highest BCUT2D eigenvalue weighted by Gasteiger charge is 2.44. The summed E-state index contributed by atoms with van der Waals surface area (Å²) in [6.07, 6.45) is 1.66. The predicted octanol–water partition coefficient (Wildman–Crippen LogP) is 1.28. The van der Waals surface area contributed by atoms with E-state index in [1.165, 1.54) is 18.4 Å². The molecule has 126 valence electrons. The normalized spacial score (nSPS) is 17.9. The average Bonchev–Trinajstić information content (AvgIpc) is 3.23. The predicted molar refractivity (Wildman–Crippen MR) is 84.1 cm³/mol. The molecule has 1 saturated heterocycles. The molecular formula is C16H16N2O5S. The molecule has 7 nitrogen and oxygen atoms in total. The van der Waals surface area contributed by atoms with Gasteiger partial charge in [0.2, 0.25) is 11.8 Å². The molecular weight excluding hydrogens is 332 g/mol. The molecule has 8 heteroatoms. The number of hydrogen-bond acceptors (Lipinski definition) is 5. The monoisotopic (exact) mass is 348 g/mol. The summed E-state index contributed by atoms with van der Waals surface area (Å²) in [4.78, 5) is 24.4. The molecule has 1 N–H and O–H groups in total. The second kappa shape index (κ2) is 6.48. The molecule has 0 radical (unpaired) electrons. The first-order chi connectivity index (χ1) is 11.5.